The highest BCUT2D eigenvalue weighted by Crippen LogP contribution is 2.25. The maximum atomic E-state index is 12.4. The number of hydrogen-bond acceptors (Lipinski definition) is 4. The van der Waals surface area contributed by atoms with Gasteiger partial charge in [-0.15, -0.1) is 0 Å². The standard InChI is InChI=1S/C24H39ClN2O3/c1-4-5-6-17-26(2)18-7-8-19-29-22-15-11-21(12-16-22)27(3)24(28)30-23-13-9-20(25)10-14-23/h9-10,13-14,21-22H,4-8,11-12,15-19H2,1-3H3/t21-,22-. The molecule has 1 aliphatic carbocycles. The summed E-state index contributed by atoms with van der Waals surface area (Å²) in [4.78, 5) is 16.5. The van der Waals surface area contributed by atoms with E-state index in [1.165, 1.54) is 32.2 Å². The number of amides is 1. The summed E-state index contributed by atoms with van der Waals surface area (Å²) in [6, 6.07) is 7.07. The van der Waals surface area contributed by atoms with Crippen LogP contribution in [0, 0.1) is 0 Å². The Kier molecular flexibility index (Phi) is 11.6. The molecule has 0 saturated heterocycles. The molecule has 2 rings (SSSR count). The molecule has 0 atom stereocenters. The number of halogens is 1. The Hall–Kier alpha value is -1.30. The average molecular weight is 439 g/mol. The number of ether oxygens (including phenoxy) is 2. The number of rotatable bonds is 12. The lowest BCUT2D eigenvalue weighted by Crippen LogP contribution is -2.42. The Balaban J connectivity index is 1.57. The molecule has 5 nitrogen and oxygen atoms in total. The molecule has 1 aromatic carbocycles. The summed E-state index contributed by atoms with van der Waals surface area (Å²) in [5, 5.41) is 0.625. The largest absolute Gasteiger partial charge is 0.415 e. The molecule has 0 aromatic heterocycles. The van der Waals surface area contributed by atoms with E-state index >= 15 is 0 Å². The summed E-state index contributed by atoms with van der Waals surface area (Å²) in [6.45, 7) is 5.44. The molecule has 1 amide bonds. The van der Waals surface area contributed by atoms with Crippen LogP contribution in [0.15, 0.2) is 24.3 Å². The van der Waals surface area contributed by atoms with E-state index in [-0.39, 0.29) is 12.1 Å². The van der Waals surface area contributed by atoms with Crippen molar-refractivity contribution in [1.82, 2.24) is 9.80 Å². The first kappa shape index (κ1) is 25.0. The van der Waals surface area contributed by atoms with E-state index in [4.69, 9.17) is 21.1 Å². The van der Waals surface area contributed by atoms with Gasteiger partial charge in [-0.1, -0.05) is 31.4 Å². The number of nitrogens with zero attached hydrogens (tertiary/aromatic N) is 2. The van der Waals surface area contributed by atoms with E-state index in [2.05, 4.69) is 18.9 Å². The molecule has 1 aromatic rings. The first-order chi connectivity index (χ1) is 14.5. The van der Waals surface area contributed by atoms with Crippen LogP contribution < -0.4 is 4.74 Å². The van der Waals surface area contributed by atoms with Gasteiger partial charge in [0.1, 0.15) is 5.75 Å². The van der Waals surface area contributed by atoms with Gasteiger partial charge in [-0.3, -0.25) is 0 Å². The van der Waals surface area contributed by atoms with Crippen LogP contribution in [0.5, 0.6) is 5.75 Å². The van der Waals surface area contributed by atoms with Gasteiger partial charge in [0.25, 0.3) is 0 Å². The van der Waals surface area contributed by atoms with Crippen LogP contribution in [-0.4, -0.2) is 61.8 Å². The summed E-state index contributed by atoms with van der Waals surface area (Å²) in [5.74, 6) is 0.518. The van der Waals surface area contributed by atoms with Gasteiger partial charge < -0.3 is 19.3 Å². The monoisotopic (exact) mass is 438 g/mol. The number of benzene rings is 1. The Morgan fingerprint density at radius 2 is 1.63 bits per heavy atom. The van der Waals surface area contributed by atoms with Crippen LogP contribution in [-0.2, 0) is 4.74 Å². The molecule has 170 valence electrons. The molecule has 0 bridgehead atoms. The van der Waals surface area contributed by atoms with Gasteiger partial charge in [0, 0.05) is 24.7 Å². The molecule has 0 unspecified atom stereocenters. The van der Waals surface area contributed by atoms with Crippen LogP contribution in [0.2, 0.25) is 5.02 Å². The number of carbonyl (C=O) groups excluding carboxylic acids is 1. The third-order valence-corrected chi connectivity index (χ3v) is 6.18. The summed E-state index contributed by atoms with van der Waals surface area (Å²) in [5.41, 5.74) is 0. The molecular formula is C24H39ClN2O3. The van der Waals surface area contributed by atoms with Gasteiger partial charge in [0.05, 0.1) is 6.10 Å². The number of unbranched alkanes of at least 4 members (excludes halogenated alkanes) is 3. The van der Waals surface area contributed by atoms with Crippen molar-refractivity contribution in [2.75, 3.05) is 33.8 Å². The molecule has 0 heterocycles. The van der Waals surface area contributed by atoms with E-state index in [1.54, 1.807) is 29.2 Å². The van der Waals surface area contributed by atoms with Gasteiger partial charge in [0.2, 0.25) is 0 Å². The van der Waals surface area contributed by atoms with Crippen molar-refractivity contribution < 1.29 is 14.3 Å². The summed E-state index contributed by atoms with van der Waals surface area (Å²) < 4.78 is 11.5. The summed E-state index contributed by atoms with van der Waals surface area (Å²) >= 11 is 5.87. The SMILES string of the molecule is CCCCCN(C)CCCCO[C@H]1CC[C@H](N(C)C(=O)Oc2ccc(Cl)cc2)CC1. The minimum Gasteiger partial charge on any atom is -0.410 e. The highest BCUT2D eigenvalue weighted by atomic mass is 35.5. The highest BCUT2D eigenvalue weighted by Gasteiger charge is 2.27. The average Bonchev–Trinajstić information content (AvgIpc) is 2.75. The molecule has 30 heavy (non-hydrogen) atoms. The second kappa shape index (κ2) is 13.9. The maximum absolute atomic E-state index is 12.4. The van der Waals surface area contributed by atoms with E-state index in [0.29, 0.717) is 16.9 Å². The van der Waals surface area contributed by atoms with Crippen LogP contribution in [0.4, 0.5) is 4.79 Å². The fraction of sp³-hybridized carbons (Fsp3) is 0.708. The molecule has 0 N–H and O–H groups in total. The van der Waals surface area contributed by atoms with Crippen LogP contribution in [0.3, 0.4) is 0 Å². The Bertz CT molecular complexity index is 603. The summed E-state index contributed by atoms with van der Waals surface area (Å²) in [6.07, 6.45) is 10.1. The molecule has 6 heteroatoms. The zero-order chi connectivity index (χ0) is 21.8. The Morgan fingerprint density at radius 3 is 2.27 bits per heavy atom. The van der Waals surface area contributed by atoms with E-state index in [1.807, 2.05) is 7.05 Å². The second-order valence-electron chi connectivity index (χ2n) is 8.45. The zero-order valence-corrected chi connectivity index (χ0v) is 19.7. The smallest absolute Gasteiger partial charge is 0.410 e. The van der Waals surface area contributed by atoms with Crippen molar-refractivity contribution >= 4 is 17.7 Å². The molecule has 0 spiro atoms. The minimum atomic E-state index is -0.315. The van der Waals surface area contributed by atoms with Crippen molar-refractivity contribution in [3.05, 3.63) is 29.3 Å². The Morgan fingerprint density at radius 1 is 1.00 bits per heavy atom. The van der Waals surface area contributed by atoms with Gasteiger partial charge in [-0.25, -0.2) is 4.79 Å². The minimum absolute atomic E-state index is 0.210. The zero-order valence-electron chi connectivity index (χ0n) is 18.9. The quantitative estimate of drug-likeness (QED) is 0.375. The Labute approximate surface area is 187 Å². The van der Waals surface area contributed by atoms with Gasteiger partial charge in [0.15, 0.2) is 0 Å². The molecular weight excluding hydrogens is 400 g/mol. The van der Waals surface area contributed by atoms with E-state index in [0.717, 1.165) is 45.3 Å². The first-order valence-electron chi connectivity index (χ1n) is 11.5. The third-order valence-electron chi connectivity index (χ3n) is 5.93. The van der Waals surface area contributed by atoms with Crippen molar-refractivity contribution in [2.45, 2.75) is 76.9 Å². The van der Waals surface area contributed by atoms with E-state index in [9.17, 15) is 4.79 Å². The van der Waals surface area contributed by atoms with Gasteiger partial charge in [-0.2, -0.15) is 0 Å². The lowest BCUT2D eigenvalue weighted by Gasteiger charge is -2.34. The van der Waals surface area contributed by atoms with Crippen molar-refractivity contribution in [3.63, 3.8) is 0 Å². The first-order valence-corrected chi connectivity index (χ1v) is 11.9. The van der Waals surface area contributed by atoms with Gasteiger partial charge >= 0.3 is 6.09 Å². The van der Waals surface area contributed by atoms with Crippen LogP contribution in [0.1, 0.15) is 64.7 Å². The lowest BCUT2D eigenvalue weighted by molar-refractivity contribution is 0.0101. The molecule has 0 aliphatic heterocycles. The lowest BCUT2D eigenvalue weighted by atomic mass is 9.92. The number of carbonyl (C=O) groups is 1. The van der Waals surface area contributed by atoms with Crippen molar-refractivity contribution in [2.24, 2.45) is 0 Å². The van der Waals surface area contributed by atoms with Crippen molar-refractivity contribution in [1.29, 1.82) is 0 Å². The maximum Gasteiger partial charge on any atom is 0.415 e. The molecule has 0 radical (unpaired) electrons. The number of hydrogen-bond donors (Lipinski definition) is 0. The van der Waals surface area contributed by atoms with E-state index < -0.39 is 0 Å². The van der Waals surface area contributed by atoms with Gasteiger partial charge in [-0.05, 0) is 89.3 Å². The predicted molar refractivity (Wildman–Crippen MR) is 123 cm³/mol. The normalized spacial score (nSPS) is 19.1. The molecule has 1 fully saturated rings. The van der Waals surface area contributed by atoms with Crippen molar-refractivity contribution in [3.8, 4) is 5.75 Å². The predicted octanol–water partition coefficient (Wildman–Crippen LogP) is 6.00. The second-order valence-corrected chi connectivity index (χ2v) is 8.89. The molecule has 1 saturated carbocycles. The van der Waals surface area contributed by atoms with Crippen LogP contribution in [0.25, 0.3) is 0 Å². The summed E-state index contributed by atoms with van der Waals surface area (Å²) in [7, 11) is 4.04. The fourth-order valence-corrected chi connectivity index (χ4v) is 4.03. The highest BCUT2D eigenvalue weighted by molar-refractivity contribution is 6.30. The topological polar surface area (TPSA) is 42.0 Å². The van der Waals surface area contributed by atoms with Crippen LogP contribution >= 0.6 is 11.6 Å². The molecule has 1 aliphatic rings. The third kappa shape index (κ3) is 9.23. The fourth-order valence-electron chi connectivity index (χ4n) is 3.90.